The summed E-state index contributed by atoms with van der Waals surface area (Å²) in [5.74, 6) is -1.11. The van der Waals surface area contributed by atoms with Gasteiger partial charge in [-0.3, -0.25) is 4.57 Å². The van der Waals surface area contributed by atoms with E-state index in [0.29, 0.717) is 5.70 Å². The number of hydrogen-bond donors (Lipinski definition) is 1. The third-order valence-electron chi connectivity index (χ3n) is 1.57. The lowest BCUT2D eigenvalue weighted by molar-refractivity contribution is 0.0691. The van der Waals surface area contributed by atoms with Crippen LogP contribution < -0.4 is 0 Å². The van der Waals surface area contributed by atoms with Crippen molar-refractivity contribution in [2.75, 3.05) is 14.1 Å². The number of hydrogen-bond acceptors (Lipinski definition) is 4. The highest BCUT2D eigenvalue weighted by Gasteiger charge is 2.08. The van der Waals surface area contributed by atoms with Crippen molar-refractivity contribution in [2.45, 2.75) is 0 Å². The second-order valence-corrected chi connectivity index (χ2v) is 3.06. The van der Waals surface area contributed by atoms with Crippen LogP contribution in [0.25, 0.3) is 5.70 Å². The van der Waals surface area contributed by atoms with Gasteiger partial charge < -0.3 is 10.0 Å². The number of carboxylic acids is 1. The Balaban J connectivity index is 3.05. The molecule has 1 aromatic heterocycles. The van der Waals surface area contributed by atoms with Crippen molar-refractivity contribution in [2.24, 2.45) is 0 Å². The fourth-order valence-electron chi connectivity index (χ4n) is 0.963. The molecule has 0 amide bonds. The molecule has 0 radical (unpaired) electrons. The molecule has 78 valence electrons. The first kappa shape index (κ1) is 10.8. The molecule has 0 fully saturated rings. The third-order valence-corrected chi connectivity index (χ3v) is 1.57. The van der Waals surface area contributed by atoms with E-state index in [4.69, 9.17) is 10.4 Å². The minimum atomic E-state index is -1.11. The zero-order chi connectivity index (χ0) is 11.4. The lowest BCUT2D eigenvalue weighted by Gasteiger charge is -2.06. The zero-order valence-electron chi connectivity index (χ0n) is 8.38. The van der Waals surface area contributed by atoms with Crippen LogP contribution in [0.4, 0.5) is 0 Å². The quantitative estimate of drug-likeness (QED) is 0.726. The monoisotopic (exact) mass is 206 g/mol. The fraction of sp³-hybridized carbons (Fsp3) is 0.222. The first-order valence-electron chi connectivity index (χ1n) is 4.10. The number of carbonyl (C=O) groups is 1. The number of imidazole rings is 1. The average Bonchev–Trinajstić information content (AvgIpc) is 2.62. The maximum atomic E-state index is 10.6. The Morgan fingerprint density at radius 1 is 1.73 bits per heavy atom. The summed E-state index contributed by atoms with van der Waals surface area (Å²) in [5.41, 5.74) is 0.218. The molecule has 0 unspecified atom stereocenters. The van der Waals surface area contributed by atoms with Crippen LogP contribution in [0.2, 0.25) is 0 Å². The van der Waals surface area contributed by atoms with Crippen LogP contribution in [0.15, 0.2) is 18.7 Å². The first-order valence-corrected chi connectivity index (χ1v) is 4.10. The SMILES string of the molecule is CN(C)C=C(C#N)n1cnc(C(=O)O)c1. The lowest BCUT2D eigenvalue weighted by atomic mass is 10.4. The highest BCUT2D eigenvalue weighted by atomic mass is 16.4. The minimum Gasteiger partial charge on any atom is -0.476 e. The Labute approximate surface area is 86.7 Å². The number of aromatic carboxylic acids is 1. The predicted molar refractivity (Wildman–Crippen MR) is 52.8 cm³/mol. The molecule has 0 bridgehead atoms. The van der Waals surface area contributed by atoms with E-state index < -0.39 is 5.97 Å². The van der Waals surface area contributed by atoms with Gasteiger partial charge in [-0.05, 0) is 0 Å². The molecule has 0 aliphatic heterocycles. The van der Waals surface area contributed by atoms with Gasteiger partial charge in [-0.15, -0.1) is 0 Å². The fourth-order valence-corrected chi connectivity index (χ4v) is 0.963. The molecule has 0 spiro atoms. The van der Waals surface area contributed by atoms with Gasteiger partial charge in [0, 0.05) is 26.5 Å². The topological polar surface area (TPSA) is 82.2 Å². The summed E-state index contributed by atoms with van der Waals surface area (Å²) in [6.07, 6.45) is 4.16. The molecule has 15 heavy (non-hydrogen) atoms. The lowest BCUT2D eigenvalue weighted by Crippen LogP contribution is -2.04. The molecule has 6 nitrogen and oxygen atoms in total. The zero-order valence-corrected chi connectivity index (χ0v) is 8.38. The molecular weight excluding hydrogens is 196 g/mol. The van der Waals surface area contributed by atoms with E-state index in [0.717, 1.165) is 0 Å². The number of aromatic nitrogens is 2. The highest BCUT2D eigenvalue weighted by Crippen LogP contribution is 2.05. The molecule has 0 saturated heterocycles. The molecule has 1 N–H and O–H groups in total. The molecule has 0 aliphatic carbocycles. The number of nitriles is 1. The van der Waals surface area contributed by atoms with Crippen molar-refractivity contribution in [3.63, 3.8) is 0 Å². The van der Waals surface area contributed by atoms with E-state index >= 15 is 0 Å². The summed E-state index contributed by atoms with van der Waals surface area (Å²) in [5, 5.41) is 17.5. The van der Waals surface area contributed by atoms with E-state index in [1.54, 1.807) is 25.2 Å². The van der Waals surface area contributed by atoms with Crippen LogP contribution in [-0.2, 0) is 0 Å². The van der Waals surface area contributed by atoms with Gasteiger partial charge in [0.15, 0.2) is 5.69 Å². The maximum absolute atomic E-state index is 10.6. The number of rotatable bonds is 3. The summed E-state index contributed by atoms with van der Waals surface area (Å²) < 4.78 is 1.36. The van der Waals surface area contributed by atoms with Gasteiger partial charge >= 0.3 is 5.97 Å². The first-order chi connectivity index (χ1) is 7.04. The van der Waals surface area contributed by atoms with E-state index in [-0.39, 0.29) is 5.69 Å². The van der Waals surface area contributed by atoms with Crippen LogP contribution in [0.1, 0.15) is 10.5 Å². The molecule has 0 saturated carbocycles. The van der Waals surface area contributed by atoms with Gasteiger partial charge in [0.2, 0.25) is 0 Å². The van der Waals surface area contributed by atoms with Gasteiger partial charge in [-0.2, -0.15) is 5.26 Å². The smallest absolute Gasteiger partial charge is 0.356 e. The Morgan fingerprint density at radius 2 is 2.40 bits per heavy atom. The van der Waals surface area contributed by atoms with E-state index in [9.17, 15) is 4.79 Å². The Kier molecular flexibility index (Phi) is 3.08. The summed E-state index contributed by atoms with van der Waals surface area (Å²) in [4.78, 5) is 15.9. The van der Waals surface area contributed by atoms with Crippen LogP contribution in [-0.4, -0.2) is 39.6 Å². The summed E-state index contributed by atoms with van der Waals surface area (Å²) >= 11 is 0. The second kappa shape index (κ2) is 4.28. The van der Waals surface area contributed by atoms with Crippen molar-refractivity contribution in [1.82, 2.24) is 14.5 Å². The van der Waals surface area contributed by atoms with Crippen molar-refractivity contribution >= 4 is 11.7 Å². The number of carboxylic acid groups (broad SMARTS) is 1. The van der Waals surface area contributed by atoms with Crippen LogP contribution in [0, 0.1) is 11.3 Å². The van der Waals surface area contributed by atoms with Crippen LogP contribution in [0.3, 0.4) is 0 Å². The van der Waals surface area contributed by atoms with Gasteiger partial charge in [-0.25, -0.2) is 9.78 Å². The Morgan fingerprint density at radius 3 is 2.80 bits per heavy atom. The van der Waals surface area contributed by atoms with E-state index in [2.05, 4.69) is 4.98 Å². The normalized spacial score (nSPS) is 10.9. The van der Waals surface area contributed by atoms with Gasteiger partial charge in [0.1, 0.15) is 18.1 Å². The van der Waals surface area contributed by atoms with E-state index in [1.165, 1.54) is 17.1 Å². The average molecular weight is 206 g/mol. The number of allylic oxidation sites excluding steroid dienone is 1. The van der Waals surface area contributed by atoms with Crippen LogP contribution >= 0.6 is 0 Å². The van der Waals surface area contributed by atoms with Gasteiger partial charge in [-0.1, -0.05) is 0 Å². The standard InChI is InChI=1S/C9H10N4O2/c1-12(2)4-7(3-10)13-5-8(9(14)15)11-6-13/h4-6H,1-2H3,(H,14,15). The Hall–Kier alpha value is -2.29. The van der Waals surface area contributed by atoms with Crippen molar-refractivity contribution < 1.29 is 9.90 Å². The van der Waals surface area contributed by atoms with Crippen molar-refractivity contribution in [3.8, 4) is 6.07 Å². The molecule has 0 aromatic carbocycles. The number of nitrogens with zero attached hydrogens (tertiary/aromatic N) is 4. The van der Waals surface area contributed by atoms with E-state index in [1.807, 2.05) is 6.07 Å². The molecule has 1 heterocycles. The molecule has 6 heteroatoms. The largest absolute Gasteiger partial charge is 0.476 e. The minimum absolute atomic E-state index is 0.0880. The highest BCUT2D eigenvalue weighted by molar-refractivity contribution is 5.85. The van der Waals surface area contributed by atoms with Crippen LogP contribution in [0.5, 0.6) is 0 Å². The summed E-state index contributed by atoms with van der Waals surface area (Å²) in [6, 6.07) is 1.95. The molecule has 0 atom stereocenters. The molecule has 1 rings (SSSR count). The maximum Gasteiger partial charge on any atom is 0.356 e. The summed E-state index contributed by atoms with van der Waals surface area (Å²) in [6.45, 7) is 0. The molecular formula is C9H10N4O2. The van der Waals surface area contributed by atoms with Crippen molar-refractivity contribution in [3.05, 3.63) is 24.4 Å². The van der Waals surface area contributed by atoms with Gasteiger partial charge in [0.25, 0.3) is 0 Å². The van der Waals surface area contributed by atoms with Crippen molar-refractivity contribution in [1.29, 1.82) is 5.26 Å². The predicted octanol–water partition coefficient (Wildman–Crippen LogP) is 0.465. The second-order valence-electron chi connectivity index (χ2n) is 3.06. The van der Waals surface area contributed by atoms with Gasteiger partial charge in [0.05, 0.1) is 0 Å². The summed E-state index contributed by atoms with van der Waals surface area (Å²) in [7, 11) is 3.54. The molecule has 0 aliphatic rings. The molecule has 1 aromatic rings. The third kappa shape index (κ3) is 2.57. The Bertz CT molecular complexity index is 439.